The van der Waals surface area contributed by atoms with Crippen LogP contribution in [0.2, 0.25) is 0 Å². The average molecular weight is 245 g/mol. The molecule has 1 atom stereocenters. The predicted molar refractivity (Wildman–Crippen MR) is 65.4 cm³/mol. The number of ether oxygens (including phenoxy) is 1. The van der Waals surface area contributed by atoms with E-state index in [-0.39, 0.29) is 18.4 Å². The fraction of sp³-hybridized carbons (Fsp3) is 0.818. The first-order valence-corrected chi connectivity index (χ1v) is 5.90. The molecule has 0 radical (unpaired) electrons. The Morgan fingerprint density at radius 1 is 1.35 bits per heavy atom. The Bertz CT molecular complexity index is 234. The van der Waals surface area contributed by atoms with Crippen molar-refractivity contribution in [3.63, 3.8) is 0 Å². The summed E-state index contributed by atoms with van der Waals surface area (Å²) >= 11 is 0. The first kappa shape index (κ1) is 15.9. The minimum absolute atomic E-state index is 0.0393. The number of methoxy groups -OCH3 is 1. The lowest BCUT2D eigenvalue weighted by atomic mass is 10.1. The standard InChI is InChI=1S/C11H23N3O3/c1-3-4-5-9(12)11(16)14-8-10(15)13-6-7-17-2/h9H,3-8,12H2,1-2H3,(H,13,15)(H,14,16)/t9-/m0/s1. The summed E-state index contributed by atoms with van der Waals surface area (Å²) < 4.78 is 4.78. The molecule has 0 aliphatic rings. The number of nitrogens with two attached hydrogens (primary N) is 1. The van der Waals surface area contributed by atoms with Crippen LogP contribution in [0, 0.1) is 0 Å². The summed E-state index contributed by atoms with van der Waals surface area (Å²) in [6.07, 6.45) is 2.56. The summed E-state index contributed by atoms with van der Waals surface area (Å²) in [6.45, 7) is 2.89. The minimum Gasteiger partial charge on any atom is -0.383 e. The van der Waals surface area contributed by atoms with Gasteiger partial charge in [-0.2, -0.15) is 0 Å². The van der Waals surface area contributed by atoms with E-state index < -0.39 is 6.04 Å². The summed E-state index contributed by atoms with van der Waals surface area (Å²) in [7, 11) is 1.56. The zero-order chi connectivity index (χ0) is 13.1. The molecule has 0 unspecified atom stereocenters. The molecule has 0 rings (SSSR count). The van der Waals surface area contributed by atoms with Gasteiger partial charge in [0.15, 0.2) is 0 Å². The van der Waals surface area contributed by atoms with Crippen molar-refractivity contribution in [3.05, 3.63) is 0 Å². The Morgan fingerprint density at radius 2 is 2.06 bits per heavy atom. The Balaban J connectivity index is 3.64. The molecule has 4 N–H and O–H groups in total. The van der Waals surface area contributed by atoms with Gasteiger partial charge in [-0.25, -0.2) is 0 Å². The lowest BCUT2D eigenvalue weighted by molar-refractivity contribution is -0.127. The van der Waals surface area contributed by atoms with Gasteiger partial charge < -0.3 is 21.1 Å². The molecular weight excluding hydrogens is 222 g/mol. The molecule has 0 heterocycles. The van der Waals surface area contributed by atoms with E-state index in [1.807, 2.05) is 6.92 Å². The molecule has 2 amide bonds. The van der Waals surface area contributed by atoms with E-state index in [1.165, 1.54) is 0 Å². The quantitative estimate of drug-likeness (QED) is 0.472. The van der Waals surface area contributed by atoms with Gasteiger partial charge in [0.05, 0.1) is 19.2 Å². The van der Waals surface area contributed by atoms with Crippen molar-refractivity contribution in [2.45, 2.75) is 32.2 Å². The molecule has 6 nitrogen and oxygen atoms in total. The van der Waals surface area contributed by atoms with Gasteiger partial charge in [-0.3, -0.25) is 9.59 Å². The van der Waals surface area contributed by atoms with Crippen LogP contribution in [0.1, 0.15) is 26.2 Å². The Kier molecular flexibility index (Phi) is 9.37. The molecule has 100 valence electrons. The third kappa shape index (κ3) is 8.65. The van der Waals surface area contributed by atoms with Gasteiger partial charge in [0.1, 0.15) is 0 Å². The molecular formula is C11H23N3O3. The maximum absolute atomic E-state index is 11.4. The molecule has 0 spiro atoms. The summed E-state index contributed by atoms with van der Waals surface area (Å²) in [6, 6.07) is -0.526. The summed E-state index contributed by atoms with van der Waals surface area (Å²) in [4.78, 5) is 22.7. The van der Waals surface area contributed by atoms with E-state index in [4.69, 9.17) is 10.5 Å². The molecule has 0 saturated carbocycles. The number of nitrogens with one attached hydrogen (secondary N) is 2. The molecule has 0 fully saturated rings. The molecule has 0 aliphatic carbocycles. The van der Waals surface area contributed by atoms with Gasteiger partial charge in [-0.05, 0) is 6.42 Å². The molecule has 0 bridgehead atoms. The largest absolute Gasteiger partial charge is 0.383 e. The van der Waals surface area contributed by atoms with Crippen LogP contribution in [0.15, 0.2) is 0 Å². The molecule has 0 aromatic heterocycles. The van der Waals surface area contributed by atoms with Crippen molar-refractivity contribution >= 4 is 11.8 Å². The number of hydrogen-bond donors (Lipinski definition) is 3. The monoisotopic (exact) mass is 245 g/mol. The highest BCUT2D eigenvalue weighted by Crippen LogP contribution is 1.97. The normalized spacial score (nSPS) is 11.9. The zero-order valence-corrected chi connectivity index (χ0v) is 10.6. The van der Waals surface area contributed by atoms with E-state index >= 15 is 0 Å². The van der Waals surface area contributed by atoms with Crippen LogP contribution in [0.5, 0.6) is 0 Å². The molecule has 0 aliphatic heterocycles. The molecule has 17 heavy (non-hydrogen) atoms. The van der Waals surface area contributed by atoms with Crippen LogP contribution in [0.25, 0.3) is 0 Å². The SMILES string of the molecule is CCCC[C@H](N)C(=O)NCC(=O)NCCOC. The van der Waals surface area contributed by atoms with Crippen LogP contribution in [-0.4, -0.2) is 44.7 Å². The van der Waals surface area contributed by atoms with Gasteiger partial charge >= 0.3 is 0 Å². The van der Waals surface area contributed by atoms with Crippen molar-refractivity contribution in [1.82, 2.24) is 10.6 Å². The van der Waals surface area contributed by atoms with Crippen molar-refractivity contribution in [1.29, 1.82) is 0 Å². The van der Waals surface area contributed by atoms with Crippen molar-refractivity contribution in [2.24, 2.45) is 5.73 Å². The van der Waals surface area contributed by atoms with Gasteiger partial charge in [0.25, 0.3) is 0 Å². The highest BCUT2D eigenvalue weighted by molar-refractivity contribution is 5.87. The second kappa shape index (κ2) is 10.0. The van der Waals surface area contributed by atoms with Gasteiger partial charge in [0.2, 0.25) is 11.8 Å². The van der Waals surface area contributed by atoms with E-state index in [0.717, 1.165) is 12.8 Å². The third-order valence-electron chi connectivity index (χ3n) is 2.26. The van der Waals surface area contributed by atoms with Crippen LogP contribution in [-0.2, 0) is 14.3 Å². The smallest absolute Gasteiger partial charge is 0.239 e. The Hall–Kier alpha value is -1.14. The van der Waals surface area contributed by atoms with Gasteiger partial charge in [0, 0.05) is 13.7 Å². The lowest BCUT2D eigenvalue weighted by Crippen LogP contribution is -2.45. The van der Waals surface area contributed by atoms with Crippen molar-refractivity contribution in [3.8, 4) is 0 Å². The maximum atomic E-state index is 11.4. The van der Waals surface area contributed by atoms with Crippen LogP contribution in [0.3, 0.4) is 0 Å². The van der Waals surface area contributed by atoms with E-state index in [1.54, 1.807) is 7.11 Å². The fourth-order valence-corrected chi connectivity index (χ4v) is 1.21. The Morgan fingerprint density at radius 3 is 2.65 bits per heavy atom. The molecule has 0 aromatic rings. The maximum Gasteiger partial charge on any atom is 0.239 e. The second-order valence-corrected chi connectivity index (χ2v) is 3.81. The second-order valence-electron chi connectivity index (χ2n) is 3.81. The lowest BCUT2D eigenvalue weighted by Gasteiger charge is -2.11. The number of rotatable bonds is 9. The van der Waals surface area contributed by atoms with Gasteiger partial charge in [-0.1, -0.05) is 19.8 Å². The molecule has 0 saturated heterocycles. The highest BCUT2D eigenvalue weighted by atomic mass is 16.5. The highest BCUT2D eigenvalue weighted by Gasteiger charge is 2.13. The first-order chi connectivity index (χ1) is 8.11. The van der Waals surface area contributed by atoms with Crippen LogP contribution >= 0.6 is 0 Å². The molecule has 0 aromatic carbocycles. The average Bonchev–Trinajstić information content (AvgIpc) is 2.33. The van der Waals surface area contributed by atoms with E-state index in [2.05, 4.69) is 10.6 Å². The topological polar surface area (TPSA) is 93.5 Å². The molecule has 6 heteroatoms. The number of unbranched alkanes of at least 4 members (excludes halogenated alkanes) is 1. The van der Waals surface area contributed by atoms with Gasteiger partial charge in [-0.15, -0.1) is 0 Å². The first-order valence-electron chi connectivity index (χ1n) is 5.90. The number of carbonyl (C=O) groups excluding carboxylic acids is 2. The summed E-state index contributed by atoms with van der Waals surface area (Å²) in [5.41, 5.74) is 5.65. The van der Waals surface area contributed by atoms with E-state index in [9.17, 15) is 9.59 Å². The Labute approximate surface area is 102 Å². The third-order valence-corrected chi connectivity index (χ3v) is 2.26. The summed E-state index contributed by atoms with van der Waals surface area (Å²) in [5.74, 6) is -0.515. The number of amides is 2. The number of hydrogen-bond acceptors (Lipinski definition) is 4. The predicted octanol–water partition coefficient (Wildman–Crippen LogP) is -0.617. The number of carbonyl (C=O) groups is 2. The van der Waals surface area contributed by atoms with E-state index in [0.29, 0.717) is 19.6 Å². The van der Waals surface area contributed by atoms with Crippen molar-refractivity contribution in [2.75, 3.05) is 26.8 Å². The minimum atomic E-state index is -0.526. The van der Waals surface area contributed by atoms with Crippen LogP contribution in [0.4, 0.5) is 0 Å². The van der Waals surface area contributed by atoms with Crippen LogP contribution < -0.4 is 16.4 Å². The van der Waals surface area contributed by atoms with Crippen molar-refractivity contribution < 1.29 is 14.3 Å². The zero-order valence-electron chi connectivity index (χ0n) is 10.6. The fourth-order valence-electron chi connectivity index (χ4n) is 1.21. The summed E-state index contributed by atoms with van der Waals surface area (Å²) in [5, 5.41) is 5.10.